The molecule has 0 aliphatic rings. The zero-order valence-corrected chi connectivity index (χ0v) is 8.38. The zero-order valence-electron chi connectivity index (χ0n) is 8.38. The topological polar surface area (TPSA) is 38.3 Å². The molecule has 0 radical (unpaired) electrons. The minimum absolute atomic E-state index is 0.00884. The number of halogens is 2. The number of rotatable bonds is 3. The van der Waals surface area contributed by atoms with Crippen molar-refractivity contribution in [3.05, 3.63) is 35.4 Å². The van der Waals surface area contributed by atoms with Gasteiger partial charge in [-0.3, -0.25) is 9.63 Å². The Hall–Kier alpha value is -1.49. The number of hydrogen-bond acceptors (Lipinski definition) is 2. The molecule has 0 aromatic heterocycles. The molecule has 0 saturated heterocycles. The van der Waals surface area contributed by atoms with E-state index >= 15 is 0 Å². The maximum Gasteiger partial charge on any atom is 0.274 e. The van der Waals surface area contributed by atoms with Gasteiger partial charge in [-0.05, 0) is 32.0 Å². The second kappa shape index (κ2) is 4.84. The van der Waals surface area contributed by atoms with Crippen molar-refractivity contribution in [2.75, 3.05) is 0 Å². The van der Waals surface area contributed by atoms with E-state index in [0.29, 0.717) is 0 Å². The summed E-state index contributed by atoms with van der Waals surface area (Å²) in [5.74, 6) is -2.66. The third-order valence-corrected chi connectivity index (χ3v) is 1.57. The minimum Gasteiger partial charge on any atom is -0.271 e. The van der Waals surface area contributed by atoms with Crippen molar-refractivity contribution in [2.24, 2.45) is 0 Å². The van der Waals surface area contributed by atoms with Crippen LogP contribution < -0.4 is 5.48 Å². The van der Waals surface area contributed by atoms with Crippen molar-refractivity contribution in [1.29, 1.82) is 0 Å². The van der Waals surface area contributed by atoms with Gasteiger partial charge in [0.1, 0.15) is 0 Å². The predicted molar refractivity (Wildman–Crippen MR) is 50.0 cm³/mol. The highest BCUT2D eigenvalue weighted by Gasteiger charge is 2.09. The fourth-order valence-corrected chi connectivity index (χ4v) is 0.868. The van der Waals surface area contributed by atoms with E-state index in [1.807, 2.05) is 0 Å². The van der Waals surface area contributed by atoms with Gasteiger partial charge in [-0.15, -0.1) is 0 Å². The molecule has 0 spiro atoms. The largest absolute Gasteiger partial charge is 0.274 e. The van der Waals surface area contributed by atoms with Crippen LogP contribution in [-0.4, -0.2) is 12.0 Å². The third kappa shape index (κ3) is 3.28. The van der Waals surface area contributed by atoms with E-state index in [1.54, 1.807) is 13.8 Å². The van der Waals surface area contributed by atoms with Gasteiger partial charge in [-0.25, -0.2) is 14.3 Å². The van der Waals surface area contributed by atoms with Crippen LogP contribution in [0.15, 0.2) is 18.2 Å². The summed E-state index contributed by atoms with van der Waals surface area (Å²) < 4.78 is 25.3. The van der Waals surface area contributed by atoms with Crippen molar-refractivity contribution in [1.82, 2.24) is 5.48 Å². The van der Waals surface area contributed by atoms with Gasteiger partial charge in [0.15, 0.2) is 11.6 Å². The number of carbonyl (C=O) groups is 1. The standard InChI is InChI=1S/C10H11F2NO2/c1-6(2)15-13-10(14)7-3-4-8(11)9(12)5-7/h3-6H,1-2H3,(H,13,14). The molecule has 0 atom stereocenters. The van der Waals surface area contributed by atoms with Gasteiger partial charge in [0, 0.05) is 5.56 Å². The molecular formula is C10H11F2NO2. The first kappa shape index (κ1) is 11.6. The lowest BCUT2D eigenvalue weighted by atomic mass is 10.2. The summed E-state index contributed by atoms with van der Waals surface area (Å²) in [4.78, 5) is 16.1. The summed E-state index contributed by atoms with van der Waals surface area (Å²) in [6.07, 6.45) is -0.181. The highest BCUT2D eigenvalue weighted by molar-refractivity contribution is 5.93. The second-order valence-corrected chi connectivity index (χ2v) is 3.23. The van der Waals surface area contributed by atoms with Crippen molar-refractivity contribution in [3.63, 3.8) is 0 Å². The second-order valence-electron chi connectivity index (χ2n) is 3.23. The Kier molecular flexibility index (Phi) is 3.74. The Balaban J connectivity index is 2.70. The van der Waals surface area contributed by atoms with Gasteiger partial charge < -0.3 is 0 Å². The Morgan fingerprint density at radius 3 is 2.53 bits per heavy atom. The van der Waals surface area contributed by atoms with Gasteiger partial charge >= 0.3 is 0 Å². The monoisotopic (exact) mass is 215 g/mol. The molecule has 0 aliphatic heterocycles. The lowest BCUT2D eigenvalue weighted by molar-refractivity contribution is 0.000162. The van der Waals surface area contributed by atoms with Gasteiger partial charge in [0.05, 0.1) is 6.10 Å². The molecule has 82 valence electrons. The molecule has 0 unspecified atom stereocenters. The van der Waals surface area contributed by atoms with Gasteiger partial charge in [-0.1, -0.05) is 0 Å². The molecule has 15 heavy (non-hydrogen) atoms. The summed E-state index contributed by atoms with van der Waals surface area (Å²) in [6, 6.07) is 2.88. The van der Waals surface area contributed by atoms with Crippen LogP contribution in [0.2, 0.25) is 0 Å². The molecule has 0 saturated carbocycles. The Labute approximate surface area is 86.0 Å². The fourth-order valence-electron chi connectivity index (χ4n) is 0.868. The van der Waals surface area contributed by atoms with Crippen LogP contribution in [0.3, 0.4) is 0 Å². The van der Waals surface area contributed by atoms with Crippen LogP contribution in [0, 0.1) is 11.6 Å². The van der Waals surface area contributed by atoms with E-state index in [-0.39, 0.29) is 11.7 Å². The molecule has 0 heterocycles. The number of hydrogen-bond donors (Lipinski definition) is 1. The molecule has 5 heteroatoms. The Bertz CT molecular complexity index is 366. The Morgan fingerprint density at radius 1 is 1.33 bits per heavy atom. The summed E-state index contributed by atoms with van der Waals surface area (Å²) in [5.41, 5.74) is 2.13. The SMILES string of the molecule is CC(C)ONC(=O)c1ccc(F)c(F)c1. The first-order chi connectivity index (χ1) is 7.00. The van der Waals surface area contributed by atoms with Crippen LogP contribution in [0.25, 0.3) is 0 Å². The summed E-state index contributed by atoms with van der Waals surface area (Å²) in [5, 5.41) is 0. The molecule has 1 aromatic rings. The zero-order chi connectivity index (χ0) is 11.4. The Morgan fingerprint density at radius 2 is 2.00 bits per heavy atom. The van der Waals surface area contributed by atoms with Crippen LogP contribution in [0.5, 0.6) is 0 Å². The summed E-state index contributed by atoms with van der Waals surface area (Å²) in [6.45, 7) is 3.46. The molecule has 1 aromatic carbocycles. The minimum atomic E-state index is -1.06. The normalized spacial score (nSPS) is 10.5. The highest BCUT2D eigenvalue weighted by atomic mass is 19.2. The van der Waals surface area contributed by atoms with E-state index < -0.39 is 17.5 Å². The number of nitrogens with one attached hydrogen (secondary N) is 1. The number of amides is 1. The number of hydroxylamine groups is 1. The molecule has 1 N–H and O–H groups in total. The summed E-state index contributed by atoms with van der Waals surface area (Å²) in [7, 11) is 0. The third-order valence-electron chi connectivity index (χ3n) is 1.57. The molecule has 0 aliphatic carbocycles. The van der Waals surface area contributed by atoms with Crippen molar-refractivity contribution >= 4 is 5.91 Å². The average Bonchev–Trinajstić information content (AvgIpc) is 2.18. The van der Waals surface area contributed by atoms with E-state index in [0.717, 1.165) is 12.1 Å². The molecule has 1 rings (SSSR count). The first-order valence-electron chi connectivity index (χ1n) is 4.41. The lowest BCUT2D eigenvalue weighted by Gasteiger charge is -2.08. The van der Waals surface area contributed by atoms with Gasteiger partial charge in [0.25, 0.3) is 5.91 Å². The smallest absolute Gasteiger partial charge is 0.271 e. The van der Waals surface area contributed by atoms with Crippen molar-refractivity contribution in [2.45, 2.75) is 20.0 Å². The molecule has 0 bridgehead atoms. The highest BCUT2D eigenvalue weighted by Crippen LogP contribution is 2.08. The maximum atomic E-state index is 12.7. The van der Waals surface area contributed by atoms with Gasteiger partial charge in [0.2, 0.25) is 0 Å². The van der Waals surface area contributed by atoms with E-state index in [2.05, 4.69) is 5.48 Å². The first-order valence-corrected chi connectivity index (χ1v) is 4.41. The average molecular weight is 215 g/mol. The van der Waals surface area contributed by atoms with Crippen molar-refractivity contribution in [3.8, 4) is 0 Å². The molecule has 1 amide bonds. The lowest BCUT2D eigenvalue weighted by Crippen LogP contribution is -2.27. The van der Waals surface area contributed by atoms with Crippen LogP contribution in [-0.2, 0) is 4.84 Å². The summed E-state index contributed by atoms with van der Waals surface area (Å²) >= 11 is 0. The van der Waals surface area contributed by atoms with Gasteiger partial charge in [-0.2, -0.15) is 0 Å². The van der Waals surface area contributed by atoms with Crippen LogP contribution in [0.4, 0.5) is 8.78 Å². The quantitative estimate of drug-likeness (QED) is 0.783. The van der Waals surface area contributed by atoms with Crippen molar-refractivity contribution < 1.29 is 18.4 Å². The number of carbonyl (C=O) groups excluding carboxylic acids is 1. The van der Waals surface area contributed by atoms with Crippen LogP contribution >= 0.6 is 0 Å². The predicted octanol–water partition coefficient (Wildman–Crippen LogP) is 2.03. The molecule has 3 nitrogen and oxygen atoms in total. The van der Waals surface area contributed by atoms with Crippen LogP contribution in [0.1, 0.15) is 24.2 Å². The van der Waals surface area contributed by atoms with E-state index in [1.165, 1.54) is 6.07 Å². The fraction of sp³-hybridized carbons (Fsp3) is 0.300. The molecule has 0 fully saturated rings. The number of benzene rings is 1. The van der Waals surface area contributed by atoms with E-state index in [4.69, 9.17) is 4.84 Å². The van der Waals surface area contributed by atoms with E-state index in [9.17, 15) is 13.6 Å². The maximum absolute atomic E-state index is 12.7. The molecular weight excluding hydrogens is 204 g/mol.